The Morgan fingerprint density at radius 2 is 0.931 bits per heavy atom. The first-order valence-electron chi connectivity index (χ1n) is 48.7. The Kier molecular flexibility index (Phi) is 53.0. The molecule has 0 aliphatic heterocycles. The maximum atomic E-state index is 12.2. The summed E-state index contributed by atoms with van der Waals surface area (Å²) in [6, 6.07) is 26.8. The highest BCUT2D eigenvalue weighted by Gasteiger charge is 2.26. The van der Waals surface area contributed by atoms with E-state index in [9.17, 15) is 4.39 Å². The second kappa shape index (κ2) is 58.3. The highest BCUT2D eigenvalue weighted by Crippen LogP contribution is 2.31. The third-order valence-electron chi connectivity index (χ3n) is 19.9. The summed E-state index contributed by atoms with van der Waals surface area (Å²) < 4.78 is 70.4. The summed E-state index contributed by atoms with van der Waals surface area (Å²) in [7, 11) is 0. The average Bonchev–Trinajstić information content (AvgIpc) is 1.72. The first-order valence-corrected chi connectivity index (χ1v) is 50.9. The SMILES string of the molecule is CC(C)(C)c1cc(F)on1.CC(C)(C)c1cc[nH]c1.CC(C)(C)c1ccc[nH]1.CC(C)(C)c1ccco1.CC(C)(C)c1cccs1.CC(C)(C)c1ccno1.CC(C)(C)c1ccoc1.CC(C)(C)c1ccsc1.CC(C)(C)c1cnco1.CC(C)(C)c1ncco1.CC(C)(C)c1ncon1.Cc1cc(C(C)(C)C)no1.Cc1cc(C(C)(C)C)no1.Cc1cc(Cl)on1.Cc1nc(C(C)(C)C)no1.Cc1noc(C)c1C. The lowest BCUT2D eigenvalue weighted by molar-refractivity contribution is 0.275. The molecule has 0 atom stereocenters. The Morgan fingerprint density at radius 3 is 1.12 bits per heavy atom. The van der Waals surface area contributed by atoms with Gasteiger partial charge in [0, 0.05) is 126 Å². The predicted molar refractivity (Wildman–Crippen MR) is 588 cm³/mol. The van der Waals surface area contributed by atoms with Crippen LogP contribution in [0.3, 0.4) is 0 Å². The number of oxazole rings is 2. The molecule has 16 rings (SSSR count). The van der Waals surface area contributed by atoms with Crippen LogP contribution in [0.2, 0.25) is 5.22 Å². The van der Waals surface area contributed by atoms with Crippen LogP contribution in [0.1, 0.15) is 410 Å². The fourth-order valence-corrected chi connectivity index (χ4v) is 12.1. The molecular formula is C115H178ClFN14O12S2. The van der Waals surface area contributed by atoms with Gasteiger partial charge in [0.2, 0.25) is 17.5 Å². The molecule has 26 nitrogen and oxygen atoms in total. The van der Waals surface area contributed by atoms with Crippen molar-refractivity contribution < 1.29 is 58.2 Å². The van der Waals surface area contributed by atoms with Crippen molar-refractivity contribution in [2.45, 2.75) is 415 Å². The molecule has 16 aromatic rings. The lowest BCUT2D eigenvalue weighted by Crippen LogP contribution is -2.13. The smallest absolute Gasteiger partial charge is 0.306 e. The quantitative estimate of drug-likeness (QED) is 0.142. The van der Waals surface area contributed by atoms with Gasteiger partial charge in [-0.25, -0.2) is 9.97 Å². The fourth-order valence-electron chi connectivity index (χ4n) is 10.2. The van der Waals surface area contributed by atoms with Gasteiger partial charge in [0.1, 0.15) is 40.8 Å². The van der Waals surface area contributed by atoms with Crippen LogP contribution in [-0.2, 0) is 75.8 Å². The van der Waals surface area contributed by atoms with Crippen LogP contribution >= 0.6 is 34.3 Å². The molecule has 145 heavy (non-hydrogen) atoms. The Balaban J connectivity index is 0.000000774. The van der Waals surface area contributed by atoms with Crippen molar-refractivity contribution in [2.75, 3.05) is 0 Å². The standard InChI is InChI=1S/2C8H13NO.2C8H13N.2C8H12O.2C8H12S.C7H10FNO.C7H12N2O.3C7H11NO.C6H10N2O.C6H9NO.C4H4ClNO/c2*1-6-5-7(9-10-6)8(2,3)4;1-8(2,3)7-4-5-9-6-7;1-8(2,3)7-5-4-6-9-7;1-8(2,3)7-4-5-9-6-7;1-8(2,3)7-5-4-6-9-7;1-8(2,3)7-4-5-9-6-7;1-8(2,3)7-5-4-6-9-7;1-7(2,3)5-4-6(8)10-9-5;1-5-8-6(9-10-5)7(2,3)4;1-7(2,3)6-4-8-5-9-6;1-7(2,3)6-8-4-5-9-6;1-7(2,3)6-4-5-8-9-6;1-6(2,3)5-7-4-9-8-5;1-4-5(2)7-8-6(4)3;1-3-2-4(5)7-6-3/h2*5H,1-4H3;2*4-6,9H,1-3H3;4*4-6H,1-3H3;4H,1-3H3;1-4H3;3*4-5H,1-3H3;4H,1-3H3;1-3H3;2H,1H3. The second-order valence-corrected chi connectivity index (χ2v) is 51.1. The van der Waals surface area contributed by atoms with Crippen LogP contribution in [0.4, 0.5) is 4.39 Å². The van der Waals surface area contributed by atoms with Crippen molar-refractivity contribution in [2.24, 2.45) is 0 Å². The molecule has 0 spiro atoms. The molecule has 0 bridgehead atoms. The lowest BCUT2D eigenvalue weighted by Gasteiger charge is -2.15. The number of aromatic amines is 2. The zero-order chi connectivity index (χ0) is 112. The van der Waals surface area contributed by atoms with Gasteiger partial charge in [0.25, 0.3) is 0 Å². The van der Waals surface area contributed by atoms with E-state index in [0.29, 0.717) is 33.0 Å². The average molecular weight is 2070 g/mol. The van der Waals surface area contributed by atoms with Gasteiger partial charge in [-0.3, -0.25) is 0 Å². The number of aromatic nitrogens is 14. The normalized spacial score (nSPS) is 11.7. The number of furan rings is 2. The van der Waals surface area contributed by atoms with Gasteiger partial charge in [-0.05, 0) is 156 Å². The van der Waals surface area contributed by atoms with Gasteiger partial charge < -0.3 is 63.8 Å². The Morgan fingerprint density at radius 1 is 0.379 bits per heavy atom. The number of aryl methyl sites for hydroxylation is 6. The van der Waals surface area contributed by atoms with Crippen LogP contribution in [0.15, 0.2) is 230 Å². The molecule has 806 valence electrons. The number of nitrogens with one attached hydrogen (secondary N) is 2. The summed E-state index contributed by atoms with van der Waals surface area (Å²) in [5.41, 5.74) is 12.9. The van der Waals surface area contributed by atoms with Crippen molar-refractivity contribution in [3.63, 3.8) is 0 Å². The maximum Gasteiger partial charge on any atom is 0.306 e. The number of H-pyrrole nitrogens is 2. The van der Waals surface area contributed by atoms with Gasteiger partial charge in [0.15, 0.2) is 23.9 Å². The van der Waals surface area contributed by atoms with Crippen LogP contribution < -0.4 is 0 Å². The van der Waals surface area contributed by atoms with Crippen LogP contribution in [0, 0.1) is 54.5 Å². The molecule has 0 radical (unpaired) electrons. The molecule has 0 saturated carbocycles. The van der Waals surface area contributed by atoms with Gasteiger partial charge in [-0.1, -0.05) is 338 Å². The highest BCUT2D eigenvalue weighted by molar-refractivity contribution is 7.10. The Hall–Kier alpha value is -11.3. The molecule has 0 saturated heterocycles. The minimum absolute atomic E-state index is 0.00222. The highest BCUT2D eigenvalue weighted by atomic mass is 35.5. The minimum Gasteiger partial charge on any atom is -0.472 e. The summed E-state index contributed by atoms with van der Waals surface area (Å²) in [5, 5.41) is 36.5. The van der Waals surface area contributed by atoms with E-state index in [1.807, 2.05) is 155 Å². The topological polar surface area (TPSA) is 344 Å². The number of halogens is 2. The predicted octanol–water partition coefficient (Wildman–Crippen LogP) is 34.7. The molecule has 0 amide bonds. The number of hydrogen-bond acceptors (Lipinski definition) is 26. The molecule has 16 heterocycles. The summed E-state index contributed by atoms with van der Waals surface area (Å²) in [5.74, 6) is 8.53. The van der Waals surface area contributed by atoms with Crippen molar-refractivity contribution in [1.82, 2.24) is 71.2 Å². The van der Waals surface area contributed by atoms with Crippen molar-refractivity contribution in [3.05, 3.63) is 307 Å². The minimum atomic E-state index is -0.620. The third-order valence-corrected chi connectivity index (χ3v) is 22.0. The molecule has 0 aliphatic carbocycles. The molecule has 30 heteroatoms. The molecule has 0 fully saturated rings. The van der Waals surface area contributed by atoms with E-state index in [1.54, 1.807) is 68.0 Å². The molecule has 16 aromatic heterocycles. The van der Waals surface area contributed by atoms with E-state index >= 15 is 0 Å². The summed E-state index contributed by atoms with van der Waals surface area (Å²) >= 11 is 8.93. The van der Waals surface area contributed by atoms with Crippen molar-refractivity contribution >= 4 is 34.3 Å². The first kappa shape index (κ1) is 132. The number of rotatable bonds is 0. The van der Waals surface area contributed by atoms with Crippen LogP contribution in [0.5, 0.6) is 0 Å². The van der Waals surface area contributed by atoms with Gasteiger partial charge >= 0.3 is 6.01 Å². The zero-order valence-electron chi connectivity index (χ0n) is 97.1. The molecule has 0 aliphatic rings. The van der Waals surface area contributed by atoms with Gasteiger partial charge in [-0.2, -0.15) is 25.7 Å². The van der Waals surface area contributed by atoms with Crippen molar-refractivity contribution in [1.29, 1.82) is 0 Å². The van der Waals surface area contributed by atoms with Crippen molar-refractivity contribution in [3.8, 4) is 0 Å². The molecule has 0 aromatic carbocycles. The Labute approximate surface area is 879 Å². The van der Waals surface area contributed by atoms with E-state index < -0.39 is 6.01 Å². The molecular weight excluding hydrogens is 1890 g/mol. The third kappa shape index (κ3) is 56.3. The summed E-state index contributed by atoms with van der Waals surface area (Å²) in [4.78, 5) is 23.5. The largest absolute Gasteiger partial charge is 0.472 e. The Bertz CT molecular complexity index is 4880. The van der Waals surface area contributed by atoms with Gasteiger partial charge in [0.05, 0.1) is 65.8 Å². The monoisotopic (exact) mass is 2070 g/mol. The number of nitrogens with zero attached hydrogens (tertiary/aromatic N) is 12. The first-order chi connectivity index (χ1) is 66.1. The fraction of sp³-hybridized carbons (Fsp3) is 0.548. The molecule has 0 unspecified atom stereocenters. The summed E-state index contributed by atoms with van der Waals surface area (Å²) in [6.45, 7) is 102. The number of thiophene rings is 2. The van der Waals surface area contributed by atoms with E-state index in [1.165, 1.54) is 46.1 Å². The maximum absolute atomic E-state index is 12.2. The number of hydrogen-bond donors (Lipinski definition) is 2. The second-order valence-electron chi connectivity index (χ2n) is 49.0. The van der Waals surface area contributed by atoms with Gasteiger partial charge in [-0.15, -0.1) is 11.3 Å². The van der Waals surface area contributed by atoms with Crippen LogP contribution in [0.25, 0.3) is 0 Å². The van der Waals surface area contributed by atoms with E-state index in [2.05, 4.69) is 380 Å². The van der Waals surface area contributed by atoms with E-state index in [-0.39, 0.29) is 59.6 Å². The van der Waals surface area contributed by atoms with E-state index in [0.717, 1.165) is 80.4 Å². The summed E-state index contributed by atoms with van der Waals surface area (Å²) in [6.07, 6.45) is 20.7. The molecule has 2 N–H and O–H groups in total. The van der Waals surface area contributed by atoms with E-state index in [4.69, 9.17) is 51.9 Å². The lowest BCUT2D eigenvalue weighted by atomic mass is 9.89. The van der Waals surface area contributed by atoms with Crippen LogP contribution in [-0.4, -0.2) is 71.2 Å². The zero-order valence-corrected chi connectivity index (χ0v) is 99.5.